The van der Waals surface area contributed by atoms with Crippen molar-refractivity contribution in [1.29, 1.82) is 0 Å². The van der Waals surface area contributed by atoms with Gasteiger partial charge < -0.3 is 15.3 Å². The van der Waals surface area contributed by atoms with Crippen molar-refractivity contribution >= 4 is 34.7 Å². The highest BCUT2D eigenvalue weighted by molar-refractivity contribution is 6.34. The lowest BCUT2D eigenvalue weighted by Gasteiger charge is -2.26. The van der Waals surface area contributed by atoms with E-state index in [1.165, 1.54) is 35.5 Å². The Morgan fingerprint density at radius 1 is 1.43 bits per heavy atom. The van der Waals surface area contributed by atoms with Gasteiger partial charge in [0, 0.05) is 24.5 Å². The first-order chi connectivity index (χ1) is 14.1. The number of alkyl halides is 1. The first-order valence-electron chi connectivity index (χ1n) is 9.23. The molecule has 0 fully saturated rings. The first-order valence-corrected chi connectivity index (χ1v) is 9.61. The fourth-order valence-corrected chi connectivity index (χ4v) is 3.44. The molecule has 0 bridgehead atoms. The molecule has 1 aliphatic heterocycles. The number of fused-ring (bicyclic) bond motifs is 2. The molecule has 0 saturated heterocycles. The summed E-state index contributed by atoms with van der Waals surface area (Å²) in [5, 5.41) is 16.8. The van der Waals surface area contributed by atoms with Crippen LogP contribution in [0.3, 0.4) is 0 Å². The van der Waals surface area contributed by atoms with Crippen LogP contribution in [0.4, 0.5) is 10.1 Å². The summed E-state index contributed by atoms with van der Waals surface area (Å²) < 4.78 is 15.7. The zero-order valence-electron chi connectivity index (χ0n) is 16.3. The molecule has 3 heterocycles. The summed E-state index contributed by atoms with van der Waals surface area (Å²) in [5.74, 6) is -0.818. The van der Waals surface area contributed by atoms with Gasteiger partial charge in [0.2, 0.25) is 0 Å². The lowest BCUT2D eigenvalue weighted by molar-refractivity contribution is -0.0159. The third-order valence-corrected chi connectivity index (χ3v) is 5.30. The van der Waals surface area contributed by atoms with Gasteiger partial charge in [-0.2, -0.15) is 5.10 Å². The van der Waals surface area contributed by atoms with Gasteiger partial charge in [0.15, 0.2) is 5.65 Å². The van der Waals surface area contributed by atoms with E-state index >= 15 is 0 Å². The monoisotopic (exact) mass is 431 g/mol. The predicted molar refractivity (Wildman–Crippen MR) is 108 cm³/mol. The molecular weight excluding hydrogens is 413 g/mol. The van der Waals surface area contributed by atoms with Crippen LogP contribution in [0, 0.1) is 0 Å². The number of benzene rings is 1. The van der Waals surface area contributed by atoms with Gasteiger partial charge in [-0.3, -0.25) is 9.59 Å². The maximum Gasteiger partial charge on any atom is 0.261 e. The molecule has 8 nitrogen and oxygen atoms in total. The van der Waals surface area contributed by atoms with Gasteiger partial charge >= 0.3 is 0 Å². The largest absolute Gasteiger partial charge is 0.387 e. The molecule has 0 aliphatic carbocycles. The number of halogens is 2. The number of nitrogens with zero attached hydrogens (tertiary/aromatic N) is 4. The molecule has 1 atom stereocenters. The number of carbonyl (C=O) groups is 2. The second-order valence-corrected chi connectivity index (χ2v) is 8.10. The summed E-state index contributed by atoms with van der Waals surface area (Å²) in [4.78, 5) is 30.8. The van der Waals surface area contributed by atoms with Crippen molar-refractivity contribution < 1.29 is 19.1 Å². The number of hydrogen-bond donors (Lipinski definition) is 2. The van der Waals surface area contributed by atoms with E-state index in [1.54, 1.807) is 24.5 Å². The van der Waals surface area contributed by atoms with Gasteiger partial charge in [-0.1, -0.05) is 11.6 Å². The predicted octanol–water partition coefficient (Wildman–Crippen LogP) is 2.70. The molecule has 3 aromatic rings. The number of rotatable bonds is 5. The van der Waals surface area contributed by atoms with Crippen molar-refractivity contribution in [3.05, 3.63) is 58.5 Å². The number of anilines is 1. The third-order valence-electron chi connectivity index (χ3n) is 4.99. The minimum absolute atomic E-state index is 0.156. The highest BCUT2D eigenvalue weighted by atomic mass is 35.5. The molecule has 0 spiro atoms. The molecule has 2 amide bonds. The lowest BCUT2D eigenvalue weighted by Crippen LogP contribution is -2.42. The normalized spacial score (nSPS) is 14.8. The lowest BCUT2D eigenvalue weighted by atomic mass is 10.0. The second kappa shape index (κ2) is 7.33. The van der Waals surface area contributed by atoms with E-state index in [1.807, 2.05) is 0 Å². The Labute approximate surface area is 176 Å². The minimum Gasteiger partial charge on any atom is -0.387 e. The van der Waals surface area contributed by atoms with Crippen LogP contribution in [-0.4, -0.2) is 54.7 Å². The van der Waals surface area contributed by atoms with E-state index < -0.39 is 17.7 Å². The summed E-state index contributed by atoms with van der Waals surface area (Å²) in [6, 6.07) is 4.76. The maximum absolute atomic E-state index is 14.2. The minimum atomic E-state index is -1.60. The van der Waals surface area contributed by atoms with Crippen LogP contribution < -0.4 is 5.32 Å². The van der Waals surface area contributed by atoms with Crippen molar-refractivity contribution in [2.24, 2.45) is 0 Å². The summed E-state index contributed by atoms with van der Waals surface area (Å²) in [6.07, 6.45) is 3.03. The number of nitrogens with one attached hydrogen (secondary N) is 1. The van der Waals surface area contributed by atoms with Crippen molar-refractivity contribution in [3.8, 4) is 0 Å². The Kier molecular flexibility index (Phi) is 4.95. The van der Waals surface area contributed by atoms with E-state index in [0.717, 1.165) is 0 Å². The topological polar surface area (TPSA) is 99.8 Å². The van der Waals surface area contributed by atoms with Crippen LogP contribution >= 0.6 is 11.6 Å². The Hall–Kier alpha value is -3.04. The Morgan fingerprint density at radius 2 is 2.20 bits per heavy atom. The standard InChI is InChI=1S/C20H19ClFN5O3/c1-20(2,30)16(22)10-26-9-11-6-15(14(21)7-12(11)19(26)29)25-18(28)13-8-24-27-5-3-4-23-17(13)27/h3-8,16,30H,9-10H2,1-2H3,(H,25,28). The van der Waals surface area contributed by atoms with Crippen molar-refractivity contribution in [2.75, 3.05) is 11.9 Å². The van der Waals surface area contributed by atoms with Crippen molar-refractivity contribution in [3.63, 3.8) is 0 Å². The van der Waals surface area contributed by atoms with Crippen LogP contribution in [0.25, 0.3) is 5.65 Å². The molecule has 1 unspecified atom stereocenters. The molecule has 4 rings (SSSR count). The van der Waals surface area contributed by atoms with Gasteiger partial charge in [-0.25, -0.2) is 13.9 Å². The van der Waals surface area contributed by atoms with Crippen LogP contribution in [-0.2, 0) is 6.54 Å². The zero-order chi connectivity index (χ0) is 21.6. The van der Waals surface area contributed by atoms with Gasteiger partial charge in [0.1, 0.15) is 11.7 Å². The molecule has 0 radical (unpaired) electrons. The fourth-order valence-electron chi connectivity index (χ4n) is 3.23. The number of hydrogen-bond acceptors (Lipinski definition) is 5. The Balaban J connectivity index is 1.56. The molecule has 1 aliphatic rings. The molecule has 10 heteroatoms. The van der Waals surface area contributed by atoms with E-state index in [2.05, 4.69) is 15.4 Å². The Bertz CT molecular complexity index is 1160. The van der Waals surface area contributed by atoms with E-state index in [4.69, 9.17) is 11.6 Å². The summed E-state index contributed by atoms with van der Waals surface area (Å²) >= 11 is 6.29. The summed E-state index contributed by atoms with van der Waals surface area (Å²) in [5.41, 5.74) is 0.391. The van der Waals surface area contributed by atoms with Crippen LogP contribution in [0.1, 0.15) is 40.1 Å². The molecule has 2 aromatic heterocycles. The zero-order valence-corrected chi connectivity index (χ0v) is 17.0. The summed E-state index contributed by atoms with van der Waals surface area (Å²) in [6.45, 7) is 2.61. The van der Waals surface area contributed by atoms with E-state index in [9.17, 15) is 19.1 Å². The third kappa shape index (κ3) is 3.61. The number of carbonyl (C=O) groups excluding carboxylic acids is 2. The SMILES string of the molecule is CC(C)(O)C(F)CN1Cc2cc(NC(=O)c3cnn4cccnc34)c(Cl)cc2C1=O. The quantitative estimate of drug-likeness (QED) is 0.647. The molecule has 156 valence electrons. The van der Waals surface area contributed by atoms with Crippen LogP contribution in [0.5, 0.6) is 0 Å². The fraction of sp³-hybridized carbons (Fsp3) is 0.300. The Morgan fingerprint density at radius 3 is 2.93 bits per heavy atom. The summed E-state index contributed by atoms with van der Waals surface area (Å²) in [7, 11) is 0. The van der Waals surface area contributed by atoms with Gasteiger partial charge in [-0.15, -0.1) is 0 Å². The molecule has 1 aromatic carbocycles. The molecular formula is C20H19ClFN5O3. The highest BCUT2D eigenvalue weighted by Gasteiger charge is 2.35. The first kappa shape index (κ1) is 20.2. The smallest absolute Gasteiger partial charge is 0.261 e. The van der Waals surface area contributed by atoms with Gasteiger partial charge in [-0.05, 0) is 37.6 Å². The van der Waals surface area contributed by atoms with Gasteiger partial charge in [0.05, 0.1) is 29.1 Å². The number of aliphatic hydroxyl groups is 1. The highest BCUT2D eigenvalue weighted by Crippen LogP contribution is 2.33. The van der Waals surface area contributed by atoms with E-state index in [-0.39, 0.29) is 29.6 Å². The van der Waals surface area contributed by atoms with Crippen LogP contribution in [0.2, 0.25) is 5.02 Å². The second-order valence-electron chi connectivity index (χ2n) is 7.70. The van der Waals surface area contributed by atoms with E-state index in [0.29, 0.717) is 22.5 Å². The average molecular weight is 432 g/mol. The molecule has 0 saturated carbocycles. The average Bonchev–Trinajstić information content (AvgIpc) is 3.24. The van der Waals surface area contributed by atoms with Gasteiger partial charge in [0.25, 0.3) is 11.8 Å². The number of aromatic nitrogens is 3. The number of amides is 2. The van der Waals surface area contributed by atoms with Crippen molar-refractivity contribution in [2.45, 2.75) is 32.2 Å². The molecule has 2 N–H and O–H groups in total. The molecule has 30 heavy (non-hydrogen) atoms. The van der Waals surface area contributed by atoms with Crippen LogP contribution in [0.15, 0.2) is 36.8 Å². The maximum atomic E-state index is 14.2. The van der Waals surface area contributed by atoms with Crippen molar-refractivity contribution in [1.82, 2.24) is 19.5 Å².